The van der Waals surface area contributed by atoms with Gasteiger partial charge in [-0.3, -0.25) is 0 Å². The van der Waals surface area contributed by atoms with Crippen LogP contribution in [0, 0.1) is 22.7 Å². The summed E-state index contributed by atoms with van der Waals surface area (Å²) >= 11 is 0. The van der Waals surface area contributed by atoms with Crippen molar-refractivity contribution in [1.29, 1.82) is 10.5 Å². The minimum atomic E-state index is -0.427. The molecule has 0 saturated carbocycles. The second-order valence-corrected chi connectivity index (χ2v) is 2.29. The lowest BCUT2D eigenvalue weighted by Crippen LogP contribution is -2.09. The third-order valence-corrected chi connectivity index (χ3v) is 1.51. The van der Waals surface area contributed by atoms with E-state index in [4.69, 9.17) is 20.7 Å². The molecule has 60 valence electrons. The summed E-state index contributed by atoms with van der Waals surface area (Å²) in [4.78, 5) is 0. The van der Waals surface area contributed by atoms with Gasteiger partial charge in [-0.2, -0.15) is 10.5 Å². The SMILES string of the molecule is N#CC[C@H](N)c1ccoc1C#N. The van der Waals surface area contributed by atoms with Crippen LogP contribution in [-0.2, 0) is 0 Å². The van der Waals surface area contributed by atoms with E-state index in [-0.39, 0.29) is 12.2 Å². The van der Waals surface area contributed by atoms with Crippen LogP contribution in [0.15, 0.2) is 16.7 Å². The molecule has 1 atom stereocenters. The maximum absolute atomic E-state index is 8.54. The van der Waals surface area contributed by atoms with E-state index in [0.717, 1.165) is 0 Å². The second-order valence-electron chi connectivity index (χ2n) is 2.29. The van der Waals surface area contributed by atoms with Gasteiger partial charge in [-0.15, -0.1) is 0 Å². The third-order valence-electron chi connectivity index (χ3n) is 1.51. The van der Waals surface area contributed by atoms with Gasteiger partial charge in [0.1, 0.15) is 6.07 Å². The summed E-state index contributed by atoms with van der Waals surface area (Å²) in [5, 5.41) is 16.9. The van der Waals surface area contributed by atoms with Crippen LogP contribution in [0.2, 0.25) is 0 Å². The molecule has 0 aliphatic rings. The summed E-state index contributed by atoms with van der Waals surface area (Å²) in [7, 11) is 0. The van der Waals surface area contributed by atoms with E-state index in [1.807, 2.05) is 12.1 Å². The Morgan fingerprint density at radius 1 is 1.58 bits per heavy atom. The van der Waals surface area contributed by atoms with Crippen molar-refractivity contribution in [3.63, 3.8) is 0 Å². The molecule has 2 N–H and O–H groups in total. The Balaban J connectivity index is 2.89. The molecule has 1 aromatic heterocycles. The Morgan fingerprint density at radius 3 is 2.92 bits per heavy atom. The molecule has 0 fully saturated rings. The fourth-order valence-electron chi connectivity index (χ4n) is 0.910. The van der Waals surface area contributed by atoms with Gasteiger partial charge in [-0.1, -0.05) is 0 Å². The van der Waals surface area contributed by atoms with E-state index >= 15 is 0 Å². The minimum absolute atomic E-state index is 0.189. The van der Waals surface area contributed by atoms with Crippen molar-refractivity contribution >= 4 is 0 Å². The van der Waals surface area contributed by atoms with Crippen LogP contribution in [0.25, 0.3) is 0 Å². The van der Waals surface area contributed by atoms with Gasteiger partial charge in [0.25, 0.3) is 0 Å². The van der Waals surface area contributed by atoms with Gasteiger partial charge < -0.3 is 10.2 Å². The van der Waals surface area contributed by atoms with E-state index in [2.05, 4.69) is 0 Å². The number of hydrogen-bond acceptors (Lipinski definition) is 4. The predicted octanol–water partition coefficient (Wildman–Crippen LogP) is 1.06. The molecule has 0 radical (unpaired) electrons. The molecule has 0 spiro atoms. The highest BCUT2D eigenvalue weighted by Gasteiger charge is 2.12. The number of hydrogen-bond donors (Lipinski definition) is 1. The molecule has 12 heavy (non-hydrogen) atoms. The molecule has 0 amide bonds. The van der Waals surface area contributed by atoms with Crippen LogP contribution in [0.5, 0.6) is 0 Å². The summed E-state index contributed by atoms with van der Waals surface area (Å²) in [6.07, 6.45) is 1.58. The first-order chi connectivity index (χ1) is 5.79. The van der Waals surface area contributed by atoms with E-state index in [1.165, 1.54) is 6.26 Å². The van der Waals surface area contributed by atoms with Crippen LogP contribution in [0.1, 0.15) is 23.8 Å². The van der Waals surface area contributed by atoms with Crippen LogP contribution >= 0.6 is 0 Å². The molecular formula is C8H7N3O. The zero-order chi connectivity index (χ0) is 8.97. The van der Waals surface area contributed by atoms with Crippen molar-refractivity contribution in [2.75, 3.05) is 0 Å². The second kappa shape index (κ2) is 3.56. The number of nitrogens with zero attached hydrogens (tertiary/aromatic N) is 2. The van der Waals surface area contributed by atoms with Crippen molar-refractivity contribution in [3.05, 3.63) is 23.7 Å². The fraction of sp³-hybridized carbons (Fsp3) is 0.250. The van der Waals surface area contributed by atoms with Crippen LogP contribution in [0.4, 0.5) is 0 Å². The number of furan rings is 1. The van der Waals surface area contributed by atoms with Crippen molar-refractivity contribution in [2.45, 2.75) is 12.5 Å². The zero-order valence-corrected chi connectivity index (χ0v) is 6.32. The van der Waals surface area contributed by atoms with Crippen molar-refractivity contribution in [3.8, 4) is 12.1 Å². The highest BCUT2D eigenvalue weighted by Crippen LogP contribution is 2.18. The Kier molecular flexibility index (Phi) is 2.47. The highest BCUT2D eigenvalue weighted by atomic mass is 16.3. The highest BCUT2D eigenvalue weighted by molar-refractivity contribution is 5.31. The Bertz CT molecular complexity index is 342. The number of rotatable bonds is 2. The maximum atomic E-state index is 8.54. The van der Waals surface area contributed by atoms with Gasteiger partial charge in [0, 0.05) is 11.6 Å². The average molecular weight is 161 g/mol. The molecule has 0 aromatic carbocycles. The molecule has 0 bridgehead atoms. The lowest BCUT2D eigenvalue weighted by molar-refractivity contribution is 0.544. The quantitative estimate of drug-likeness (QED) is 0.702. The molecule has 0 aliphatic carbocycles. The van der Waals surface area contributed by atoms with Crippen LogP contribution in [0.3, 0.4) is 0 Å². The average Bonchev–Trinajstić information content (AvgIpc) is 2.51. The van der Waals surface area contributed by atoms with E-state index in [0.29, 0.717) is 5.56 Å². The van der Waals surface area contributed by atoms with Gasteiger partial charge in [0.05, 0.1) is 18.8 Å². The molecule has 4 nitrogen and oxygen atoms in total. The summed E-state index contributed by atoms with van der Waals surface area (Å²) < 4.78 is 4.83. The predicted molar refractivity (Wildman–Crippen MR) is 40.6 cm³/mol. The monoisotopic (exact) mass is 161 g/mol. The van der Waals surface area contributed by atoms with E-state index < -0.39 is 6.04 Å². The van der Waals surface area contributed by atoms with E-state index in [9.17, 15) is 0 Å². The molecule has 1 rings (SSSR count). The third kappa shape index (κ3) is 1.45. The smallest absolute Gasteiger partial charge is 0.208 e. The fourth-order valence-corrected chi connectivity index (χ4v) is 0.910. The first-order valence-electron chi connectivity index (χ1n) is 3.39. The van der Waals surface area contributed by atoms with Gasteiger partial charge in [0.2, 0.25) is 5.76 Å². The largest absolute Gasteiger partial charge is 0.454 e. The van der Waals surface area contributed by atoms with Crippen LogP contribution < -0.4 is 5.73 Å². The topological polar surface area (TPSA) is 86.7 Å². The Morgan fingerprint density at radius 2 is 2.33 bits per heavy atom. The van der Waals surface area contributed by atoms with Crippen molar-refractivity contribution in [2.24, 2.45) is 5.73 Å². The zero-order valence-electron chi connectivity index (χ0n) is 6.32. The lowest BCUT2D eigenvalue weighted by atomic mass is 10.1. The van der Waals surface area contributed by atoms with Gasteiger partial charge in [-0.25, -0.2) is 0 Å². The summed E-state index contributed by atoms with van der Waals surface area (Å²) in [5.41, 5.74) is 6.19. The van der Waals surface area contributed by atoms with Crippen LogP contribution in [-0.4, -0.2) is 0 Å². The number of nitrogens with two attached hydrogens (primary N) is 1. The normalized spacial score (nSPS) is 11.6. The molecule has 0 aliphatic heterocycles. The first-order valence-corrected chi connectivity index (χ1v) is 3.39. The number of nitriles is 2. The molecule has 0 unspecified atom stereocenters. The Labute approximate surface area is 69.8 Å². The lowest BCUT2D eigenvalue weighted by Gasteiger charge is -2.02. The first kappa shape index (κ1) is 8.32. The summed E-state index contributed by atoms with van der Waals surface area (Å²) in [5.74, 6) is 0.192. The summed E-state index contributed by atoms with van der Waals surface area (Å²) in [6.45, 7) is 0. The van der Waals surface area contributed by atoms with Gasteiger partial charge >= 0.3 is 0 Å². The molecule has 0 saturated heterocycles. The maximum Gasteiger partial charge on any atom is 0.208 e. The Hall–Kier alpha value is -1.78. The molecule has 1 aromatic rings. The summed E-state index contributed by atoms with van der Waals surface area (Å²) in [6, 6.07) is 4.97. The molecule has 1 heterocycles. The van der Waals surface area contributed by atoms with Gasteiger partial charge in [-0.05, 0) is 6.07 Å². The van der Waals surface area contributed by atoms with Crippen molar-refractivity contribution < 1.29 is 4.42 Å². The van der Waals surface area contributed by atoms with E-state index in [1.54, 1.807) is 6.07 Å². The van der Waals surface area contributed by atoms with Gasteiger partial charge in [0.15, 0.2) is 0 Å². The van der Waals surface area contributed by atoms with Crippen molar-refractivity contribution in [1.82, 2.24) is 0 Å². The molecular weight excluding hydrogens is 154 g/mol. The standard InChI is InChI=1S/C8H7N3O/c9-3-1-7(11)6-2-4-12-8(6)5-10/h2,4,7H,1,11H2/t7-/m0/s1. The molecule has 4 heteroatoms. The minimum Gasteiger partial charge on any atom is -0.454 e.